The third-order valence-corrected chi connectivity index (χ3v) is 2.80. The van der Waals surface area contributed by atoms with E-state index < -0.39 is 0 Å². The third kappa shape index (κ3) is 1.24. The van der Waals surface area contributed by atoms with E-state index in [1.165, 1.54) is 24.5 Å². The van der Waals surface area contributed by atoms with Crippen LogP contribution in [0.15, 0.2) is 10.9 Å². The second-order valence-corrected chi connectivity index (χ2v) is 3.63. The van der Waals surface area contributed by atoms with Gasteiger partial charge in [-0.15, -0.1) is 0 Å². The first kappa shape index (κ1) is 8.35. The minimum absolute atomic E-state index is 0.0122. The van der Waals surface area contributed by atoms with Crippen LogP contribution in [0.3, 0.4) is 0 Å². The highest BCUT2D eigenvalue weighted by Crippen LogP contribution is 2.23. The summed E-state index contributed by atoms with van der Waals surface area (Å²) >= 11 is 0. The van der Waals surface area contributed by atoms with Gasteiger partial charge < -0.3 is 10.3 Å². The maximum absolute atomic E-state index is 11.4. The molecule has 1 aliphatic carbocycles. The number of hydrogen-bond donors (Lipinski definition) is 1. The molecule has 0 radical (unpaired) electrons. The summed E-state index contributed by atoms with van der Waals surface area (Å²) < 4.78 is 1.73. The van der Waals surface area contributed by atoms with E-state index in [1.54, 1.807) is 4.57 Å². The van der Waals surface area contributed by atoms with Crippen molar-refractivity contribution in [3.05, 3.63) is 27.7 Å². The van der Waals surface area contributed by atoms with Crippen LogP contribution in [0.2, 0.25) is 0 Å². The van der Waals surface area contributed by atoms with Crippen molar-refractivity contribution < 1.29 is 0 Å². The summed E-state index contributed by atoms with van der Waals surface area (Å²) in [6.45, 7) is 0. The molecule has 0 aliphatic heterocycles. The number of hydrogen-bond acceptors (Lipinski definition) is 2. The number of anilines is 1. The van der Waals surface area contributed by atoms with E-state index in [0.29, 0.717) is 5.69 Å². The number of aromatic nitrogens is 1. The van der Waals surface area contributed by atoms with Crippen molar-refractivity contribution >= 4 is 5.69 Å². The lowest BCUT2D eigenvalue weighted by Gasteiger charge is -2.20. The van der Waals surface area contributed by atoms with Gasteiger partial charge in [0.15, 0.2) is 0 Å². The Morgan fingerprint density at radius 1 is 1.38 bits per heavy atom. The minimum Gasteiger partial charge on any atom is -0.398 e. The van der Waals surface area contributed by atoms with Gasteiger partial charge in [-0.1, -0.05) is 0 Å². The normalized spacial score (nSPS) is 15.5. The summed E-state index contributed by atoms with van der Waals surface area (Å²) in [6, 6.07) is 1.53. The first-order valence-corrected chi connectivity index (χ1v) is 4.67. The van der Waals surface area contributed by atoms with Gasteiger partial charge in [-0.05, 0) is 31.2 Å². The van der Waals surface area contributed by atoms with Gasteiger partial charge in [-0.25, -0.2) is 0 Å². The fourth-order valence-electron chi connectivity index (χ4n) is 2.02. The molecule has 0 saturated heterocycles. The molecule has 70 valence electrons. The van der Waals surface area contributed by atoms with Gasteiger partial charge in [0.1, 0.15) is 0 Å². The summed E-state index contributed by atoms with van der Waals surface area (Å²) in [5.74, 6) is 0. The molecular weight excluding hydrogens is 164 g/mol. The van der Waals surface area contributed by atoms with Gasteiger partial charge in [-0.3, -0.25) is 4.79 Å². The average molecular weight is 178 g/mol. The van der Waals surface area contributed by atoms with Crippen LogP contribution in [0.4, 0.5) is 5.69 Å². The smallest absolute Gasteiger partial charge is 0.252 e. The molecule has 0 amide bonds. The third-order valence-electron chi connectivity index (χ3n) is 2.80. The SMILES string of the molecule is Cn1c2c(c(N)cc1=O)CCCC2. The zero-order valence-electron chi connectivity index (χ0n) is 7.84. The molecule has 2 rings (SSSR count). The second-order valence-electron chi connectivity index (χ2n) is 3.63. The number of rotatable bonds is 0. The van der Waals surface area contributed by atoms with Gasteiger partial charge in [-0.2, -0.15) is 0 Å². The number of nitrogens with zero attached hydrogens (tertiary/aromatic N) is 1. The molecule has 3 nitrogen and oxygen atoms in total. The lowest BCUT2D eigenvalue weighted by molar-refractivity contribution is 0.625. The summed E-state index contributed by atoms with van der Waals surface area (Å²) in [5.41, 5.74) is 8.81. The Bertz CT molecular complexity index is 393. The molecular formula is C10H14N2O. The van der Waals surface area contributed by atoms with Crippen LogP contribution >= 0.6 is 0 Å². The van der Waals surface area contributed by atoms with E-state index in [0.717, 1.165) is 18.5 Å². The van der Waals surface area contributed by atoms with E-state index in [-0.39, 0.29) is 5.56 Å². The Morgan fingerprint density at radius 3 is 2.85 bits per heavy atom. The molecule has 2 N–H and O–H groups in total. The molecule has 13 heavy (non-hydrogen) atoms. The van der Waals surface area contributed by atoms with E-state index in [4.69, 9.17) is 5.73 Å². The van der Waals surface area contributed by atoms with Gasteiger partial charge in [0.25, 0.3) is 5.56 Å². The molecule has 0 spiro atoms. The first-order valence-electron chi connectivity index (χ1n) is 4.67. The van der Waals surface area contributed by atoms with Crippen molar-refractivity contribution in [1.82, 2.24) is 4.57 Å². The highest BCUT2D eigenvalue weighted by Gasteiger charge is 2.15. The van der Waals surface area contributed by atoms with E-state index in [1.807, 2.05) is 7.05 Å². The Balaban J connectivity index is 2.70. The fourth-order valence-corrected chi connectivity index (χ4v) is 2.02. The molecule has 1 aliphatic rings. The zero-order chi connectivity index (χ0) is 9.42. The number of fused-ring (bicyclic) bond motifs is 1. The quantitative estimate of drug-likeness (QED) is 0.640. The van der Waals surface area contributed by atoms with Crippen LogP contribution in [0.5, 0.6) is 0 Å². The maximum atomic E-state index is 11.4. The summed E-state index contributed by atoms with van der Waals surface area (Å²) in [5, 5.41) is 0. The number of nitrogens with two attached hydrogens (primary N) is 1. The van der Waals surface area contributed by atoms with Crippen molar-refractivity contribution in [2.24, 2.45) is 7.05 Å². The molecule has 0 atom stereocenters. The number of pyridine rings is 1. The van der Waals surface area contributed by atoms with Crippen LogP contribution in [0.25, 0.3) is 0 Å². The Kier molecular flexibility index (Phi) is 1.87. The molecule has 3 heteroatoms. The van der Waals surface area contributed by atoms with Gasteiger partial charge in [0, 0.05) is 24.5 Å². The van der Waals surface area contributed by atoms with Crippen molar-refractivity contribution in [1.29, 1.82) is 0 Å². The number of nitrogen functional groups attached to an aromatic ring is 1. The lowest BCUT2D eigenvalue weighted by atomic mass is 9.94. The second kappa shape index (κ2) is 2.91. The molecule has 0 fully saturated rings. The van der Waals surface area contributed by atoms with Gasteiger partial charge >= 0.3 is 0 Å². The van der Waals surface area contributed by atoms with Crippen molar-refractivity contribution in [2.75, 3.05) is 5.73 Å². The Labute approximate surface area is 77.2 Å². The van der Waals surface area contributed by atoms with E-state index >= 15 is 0 Å². The fraction of sp³-hybridized carbons (Fsp3) is 0.500. The van der Waals surface area contributed by atoms with Crippen LogP contribution < -0.4 is 11.3 Å². The molecule has 0 aromatic carbocycles. The zero-order valence-corrected chi connectivity index (χ0v) is 7.84. The predicted molar refractivity (Wildman–Crippen MR) is 52.7 cm³/mol. The van der Waals surface area contributed by atoms with Gasteiger partial charge in [0.05, 0.1) is 0 Å². The van der Waals surface area contributed by atoms with E-state index in [2.05, 4.69) is 0 Å². The average Bonchev–Trinajstić information content (AvgIpc) is 2.15. The highest BCUT2D eigenvalue weighted by atomic mass is 16.1. The summed E-state index contributed by atoms with van der Waals surface area (Å²) in [7, 11) is 1.83. The predicted octanol–water partition coefficient (Wildman–Crippen LogP) is 0.846. The van der Waals surface area contributed by atoms with Crippen LogP contribution in [0, 0.1) is 0 Å². The Morgan fingerprint density at radius 2 is 2.08 bits per heavy atom. The molecule has 1 aromatic rings. The highest BCUT2D eigenvalue weighted by molar-refractivity contribution is 5.49. The first-order chi connectivity index (χ1) is 6.20. The summed E-state index contributed by atoms with van der Waals surface area (Å²) in [4.78, 5) is 11.4. The standard InChI is InChI=1S/C10H14N2O/c1-12-9-5-3-2-4-7(9)8(11)6-10(12)13/h6H,2-5,11H2,1H3. The summed E-state index contributed by atoms with van der Waals surface area (Å²) in [6.07, 6.45) is 4.38. The molecule has 0 bridgehead atoms. The van der Waals surface area contributed by atoms with Crippen molar-refractivity contribution in [2.45, 2.75) is 25.7 Å². The molecule has 0 unspecified atom stereocenters. The molecule has 0 saturated carbocycles. The van der Waals surface area contributed by atoms with Crippen molar-refractivity contribution in [3.63, 3.8) is 0 Å². The topological polar surface area (TPSA) is 48.0 Å². The van der Waals surface area contributed by atoms with Crippen molar-refractivity contribution in [3.8, 4) is 0 Å². The minimum atomic E-state index is 0.0122. The van der Waals surface area contributed by atoms with Crippen LogP contribution in [0.1, 0.15) is 24.1 Å². The maximum Gasteiger partial charge on any atom is 0.252 e. The van der Waals surface area contributed by atoms with Gasteiger partial charge in [0.2, 0.25) is 0 Å². The monoisotopic (exact) mass is 178 g/mol. The Hall–Kier alpha value is -1.25. The molecule has 1 heterocycles. The largest absolute Gasteiger partial charge is 0.398 e. The van der Waals surface area contributed by atoms with Crippen LogP contribution in [-0.4, -0.2) is 4.57 Å². The van der Waals surface area contributed by atoms with E-state index in [9.17, 15) is 4.79 Å². The molecule has 1 aromatic heterocycles. The lowest BCUT2D eigenvalue weighted by Crippen LogP contribution is -2.24. The van der Waals surface area contributed by atoms with Crippen LogP contribution in [-0.2, 0) is 19.9 Å².